The molecule has 166 valence electrons. The van der Waals surface area contributed by atoms with Gasteiger partial charge in [0.05, 0.1) is 13.2 Å². The van der Waals surface area contributed by atoms with Gasteiger partial charge < -0.3 is 25.4 Å². The van der Waals surface area contributed by atoms with Crippen LogP contribution in [0.15, 0.2) is 4.99 Å². The second-order valence-electron chi connectivity index (χ2n) is 8.81. The van der Waals surface area contributed by atoms with E-state index in [1.54, 1.807) is 0 Å². The van der Waals surface area contributed by atoms with Crippen molar-refractivity contribution in [2.75, 3.05) is 59.1 Å². The molecule has 2 fully saturated rings. The van der Waals surface area contributed by atoms with E-state index in [9.17, 15) is 5.11 Å². The van der Waals surface area contributed by atoms with E-state index in [1.165, 1.54) is 32.5 Å². The number of hydrogen-bond acceptors (Lipinski definition) is 4. The Morgan fingerprint density at radius 3 is 2.57 bits per heavy atom. The smallest absolute Gasteiger partial charge is 0.191 e. The van der Waals surface area contributed by atoms with Crippen molar-refractivity contribution < 1.29 is 9.84 Å². The number of halogens is 1. The van der Waals surface area contributed by atoms with Crippen LogP contribution in [-0.4, -0.2) is 75.1 Å². The zero-order chi connectivity index (χ0) is 19.5. The lowest BCUT2D eigenvalue weighted by Gasteiger charge is -2.34. The summed E-state index contributed by atoms with van der Waals surface area (Å²) >= 11 is 0. The summed E-state index contributed by atoms with van der Waals surface area (Å²) in [5, 5.41) is 16.2. The van der Waals surface area contributed by atoms with E-state index in [1.807, 2.05) is 0 Å². The molecule has 0 radical (unpaired) electrons. The van der Waals surface area contributed by atoms with E-state index in [2.05, 4.69) is 36.3 Å². The first-order valence-electron chi connectivity index (χ1n) is 11.0. The normalized spacial score (nSPS) is 28.8. The number of unbranched alkanes of at least 4 members (excludes halogenated alkanes) is 1. The Kier molecular flexibility index (Phi) is 12.9. The number of rotatable bonds is 10. The van der Waals surface area contributed by atoms with Crippen molar-refractivity contribution in [3.05, 3.63) is 0 Å². The number of aliphatic imine (C=N–C) groups is 1. The average molecular weight is 511 g/mol. The summed E-state index contributed by atoms with van der Waals surface area (Å²) in [6.45, 7) is 14.8. The maximum Gasteiger partial charge on any atom is 0.191 e. The Bertz CT molecular complexity index is 434. The van der Waals surface area contributed by atoms with Crippen molar-refractivity contribution in [1.29, 1.82) is 0 Å². The van der Waals surface area contributed by atoms with E-state index in [-0.39, 0.29) is 36.0 Å². The summed E-state index contributed by atoms with van der Waals surface area (Å²) in [4.78, 5) is 7.42. The van der Waals surface area contributed by atoms with Gasteiger partial charge in [0, 0.05) is 44.8 Å². The standard InChI is InChI=1S/C21H42N4O2.HI/c1-4-22-20(24-16-21(7-11-26)8-12-27-17-21)23-9-5-6-10-25-14-18(2)13-19(3)15-25;/h18-19,26H,4-17H2,1-3H3,(H2,22,23,24);1H. The molecule has 28 heavy (non-hydrogen) atoms. The summed E-state index contributed by atoms with van der Waals surface area (Å²) in [5.41, 5.74) is 0.0126. The van der Waals surface area contributed by atoms with E-state index in [4.69, 9.17) is 9.73 Å². The highest BCUT2D eigenvalue weighted by molar-refractivity contribution is 14.0. The molecule has 2 aliphatic heterocycles. The van der Waals surface area contributed by atoms with Crippen molar-refractivity contribution in [3.63, 3.8) is 0 Å². The Morgan fingerprint density at radius 2 is 1.96 bits per heavy atom. The molecule has 2 heterocycles. The van der Waals surface area contributed by atoms with Gasteiger partial charge in [-0.05, 0) is 57.4 Å². The van der Waals surface area contributed by atoms with Crippen LogP contribution in [0.25, 0.3) is 0 Å². The Balaban J connectivity index is 0.00000392. The summed E-state index contributed by atoms with van der Waals surface area (Å²) in [6, 6.07) is 0. The van der Waals surface area contributed by atoms with Gasteiger partial charge in [0.15, 0.2) is 5.96 Å². The molecule has 0 amide bonds. The van der Waals surface area contributed by atoms with Crippen molar-refractivity contribution in [2.24, 2.45) is 22.2 Å². The molecule has 7 heteroatoms. The van der Waals surface area contributed by atoms with Crippen LogP contribution in [0.5, 0.6) is 0 Å². The van der Waals surface area contributed by atoms with Crippen LogP contribution >= 0.6 is 24.0 Å². The fourth-order valence-corrected chi connectivity index (χ4v) is 4.52. The maximum absolute atomic E-state index is 9.36. The summed E-state index contributed by atoms with van der Waals surface area (Å²) in [7, 11) is 0. The molecule has 0 saturated carbocycles. The molecule has 3 unspecified atom stereocenters. The largest absolute Gasteiger partial charge is 0.396 e. The lowest BCUT2D eigenvalue weighted by molar-refractivity contribution is 0.131. The lowest BCUT2D eigenvalue weighted by Crippen LogP contribution is -2.40. The maximum atomic E-state index is 9.36. The van der Waals surface area contributed by atoms with Crippen LogP contribution in [-0.2, 0) is 4.74 Å². The number of nitrogens with zero attached hydrogens (tertiary/aromatic N) is 2. The first-order chi connectivity index (χ1) is 13.1. The van der Waals surface area contributed by atoms with Crippen LogP contribution in [0.1, 0.15) is 52.9 Å². The molecule has 3 atom stereocenters. The number of aliphatic hydroxyl groups is 1. The fraction of sp³-hybridized carbons (Fsp3) is 0.952. The number of ether oxygens (including phenoxy) is 1. The topological polar surface area (TPSA) is 69.1 Å². The first-order valence-corrected chi connectivity index (χ1v) is 11.0. The van der Waals surface area contributed by atoms with E-state index in [0.717, 1.165) is 56.8 Å². The van der Waals surface area contributed by atoms with Gasteiger partial charge in [0.25, 0.3) is 0 Å². The highest BCUT2D eigenvalue weighted by Gasteiger charge is 2.34. The molecule has 2 saturated heterocycles. The number of piperidine rings is 1. The number of hydrogen-bond donors (Lipinski definition) is 3. The van der Waals surface area contributed by atoms with Gasteiger partial charge in [0.2, 0.25) is 0 Å². The third-order valence-corrected chi connectivity index (χ3v) is 5.88. The van der Waals surface area contributed by atoms with Gasteiger partial charge in [-0.1, -0.05) is 13.8 Å². The number of aliphatic hydroxyl groups excluding tert-OH is 1. The highest BCUT2D eigenvalue weighted by atomic mass is 127. The van der Waals surface area contributed by atoms with Gasteiger partial charge in [-0.25, -0.2) is 0 Å². The Morgan fingerprint density at radius 1 is 1.21 bits per heavy atom. The third-order valence-electron chi connectivity index (χ3n) is 5.88. The highest BCUT2D eigenvalue weighted by Crippen LogP contribution is 2.32. The molecule has 0 bridgehead atoms. The molecule has 3 N–H and O–H groups in total. The van der Waals surface area contributed by atoms with Gasteiger partial charge in [-0.2, -0.15) is 0 Å². The van der Waals surface area contributed by atoms with Crippen molar-refractivity contribution in [2.45, 2.75) is 52.9 Å². The summed E-state index contributed by atoms with van der Waals surface area (Å²) in [5.74, 6) is 2.57. The van der Waals surface area contributed by atoms with Crippen molar-refractivity contribution >= 4 is 29.9 Å². The summed E-state index contributed by atoms with van der Waals surface area (Å²) in [6.07, 6.45) is 5.53. The minimum atomic E-state index is 0. The van der Waals surface area contributed by atoms with Gasteiger partial charge in [-0.3, -0.25) is 4.99 Å². The fourth-order valence-electron chi connectivity index (χ4n) is 4.52. The predicted molar refractivity (Wildman–Crippen MR) is 128 cm³/mol. The number of likely N-dealkylation sites (tertiary alicyclic amines) is 1. The molecule has 0 aromatic heterocycles. The van der Waals surface area contributed by atoms with Crippen LogP contribution in [0.2, 0.25) is 0 Å². The second-order valence-corrected chi connectivity index (χ2v) is 8.81. The minimum absolute atomic E-state index is 0. The van der Waals surface area contributed by atoms with Gasteiger partial charge >= 0.3 is 0 Å². The second kappa shape index (κ2) is 14.0. The van der Waals surface area contributed by atoms with Crippen molar-refractivity contribution in [3.8, 4) is 0 Å². The van der Waals surface area contributed by atoms with Crippen molar-refractivity contribution in [1.82, 2.24) is 15.5 Å². The molecule has 0 aromatic rings. The van der Waals surface area contributed by atoms with Crippen LogP contribution < -0.4 is 10.6 Å². The predicted octanol–water partition coefficient (Wildman–Crippen LogP) is 2.71. The van der Waals surface area contributed by atoms with Crippen LogP contribution in [0, 0.1) is 17.3 Å². The molecular formula is C21H43IN4O2. The van der Waals surface area contributed by atoms with E-state index in [0.29, 0.717) is 13.2 Å². The molecular weight excluding hydrogens is 467 g/mol. The summed E-state index contributed by atoms with van der Waals surface area (Å²) < 4.78 is 5.57. The lowest BCUT2D eigenvalue weighted by atomic mass is 9.84. The van der Waals surface area contributed by atoms with Crippen LogP contribution in [0.4, 0.5) is 0 Å². The quantitative estimate of drug-likeness (QED) is 0.183. The van der Waals surface area contributed by atoms with E-state index < -0.39 is 0 Å². The number of guanidine groups is 1. The molecule has 2 aliphatic rings. The number of nitrogens with one attached hydrogen (secondary N) is 2. The molecule has 0 aromatic carbocycles. The average Bonchev–Trinajstić information content (AvgIpc) is 3.07. The zero-order valence-corrected chi connectivity index (χ0v) is 20.5. The molecule has 0 aliphatic carbocycles. The SMILES string of the molecule is CCNC(=NCC1(CCO)CCOC1)NCCCCN1CC(C)CC(C)C1.I. The Hall–Kier alpha value is -0.120. The molecule has 6 nitrogen and oxygen atoms in total. The zero-order valence-electron chi connectivity index (χ0n) is 18.2. The van der Waals surface area contributed by atoms with E-state index >= 15 is 0 Å². The minimum Gasteiger partial charge on any atom is -0.396 e. The van der Waals surface area contributed by atoms with Crippen LogP contribution in [0.3, 0.4) is 0 Å². The van der Waals surface area contributed by atoms with Gasteiger partial charge in [0.1, 0.15) is 0 Å². The Labute approximate surface area is 189 Å². The molecule has 0 spiro atoms. The monoisotopic (exact) mass is 510 g/mol. The third kappa shape index (κ3) is 9.13. The first kappa shape index (κ1) is 25.9. The van der Waals surface area contributed by atoms with Gasteiger partial charge in [-0.15, -0.1) is 24.0 Å². The molecule has 2 rings (SSSR count).